The van der Waals surface area contributed by atoms with Gasteiger partial charge in [0.15, 0.2) is 11.5 Å². The Morgan fingerprint density at radius 3 is 2.48 bits per heavy atom. The molecule has 0 aliphatic carbocycles. The Kier molecular flexibility index (Phi) is 7.17. The van der Waals surface area contributed by atoms with Crippen molar-refractivity contribution >= 4 is 28.6 Å². The molecule has 3 aromatic rings. The molecule has 0 radical (unpaired) electrons. The first kappa shape index (κ1) is 26.6. The van der Waals surface area contributed by atoms with Gasteiger partial charge in [-0.15, -0.1) is 0 Å². The number of amides is 1. The van der Waals surface area contributed by atoms with Crippen molar-refractivity contribution in [2.24, 2.45) is 0 Å². The van der Waals surface area contributed by atoms with Gasteiger partial charge in [0.1, 0.15) is 18.9 Å². The third-order valence-corrected chi connectivity index (χ3v) is 7.73. The van der Waals surface area contributed by atoms with E-state index >= 15 is 0 Å². The Labute approximate surface area is 228 Å². The van der Waals surface area contributed by atoms with Gasteiger partial charge in [0.25, 0.3) is 5.91 Å². The number of alkyl halides is 3. The van der Waals surface area contributed by atoms with Gasteiger partial charge in [0.2, 0.25) is 5.95 Å². The van der Waals surface area contributed by atoms with Crippen LogP contribution in [-0.4, -0.2) is 89.3 Å². The number of carbonyl (C=O) groups excluding carboxylic acids is 1. The lowest BCUT2D eigenvalue weighted by molar-refractivity contribution is -0.136. The monoisotopic (exact) mass is 560 g/mol. The summed E-state index contributed by atoms with van der Waals surface area (Å²) < 4.78 is 57.7. The molecule has 214 valence electrons. The highest BCUT2D eigenvalue weighted by atomic mass is 19.4. The zero-order valence-electron chi connectivity index (χ0n) is 22.1. The summed E-state index contributed by atoms with van der Waals surface area (Å²) in [5.41, 5.74) is 0.424. The first-order valence-corrected chi connectivity index (χ1v) is 13.6. The summed E-state index contributed by atoms with van der Waals surface area (Å²) >= 11 is 0. The van der Waals surface area contributed by atoms with Crippen LogP contribution in [0.5, 0.6) is 11.5 Å². The summed E-state index contributed by atoms with van der Waals surface area (Å²) in [6.45, 7) is 6.98. The predicted octanol–water partition coefficient (Wildman–Crippen LogP) is 3.99. The van der Waals surface area contributed by atoms with Crippen molar-refractivity contribution in [3.8, 4) is 11.5 Å². The molecule has 1 aromatic carbocycles. The van der Waals surface area contributed by atoms with Crippen LogP contribution in [0.2, 0.25) is 0 Å². The number of hydrogen-bond acceptors (Lipinski definition) is 8. The molecule has 6 rings (SSSR count). The number of hydrogen-bond donors (Lipinski definition) is 2. The van der Waals surface area contributed by atoms with Crippen molar-refractivity contribution < 1.29 is 32.2 Å². The number of ether oxygens (including phenoxy) is 3. The Hall–Kier alpha value is -3.58. The fourth-order valence-electron chi connectivity index (χ4n) is 5.71. The van der Waals surface area contributed by atoms with Gasteiger partial charge in [0.05, 0.1) is 41.1 Å². The number of likely N-dealkylation sites (tertiary alicyclic amines) is 1. The van der Waals surface area contributed by atoms with Crippen LogP contribution < -0.4 is 14.8 Å². The molecule has 13 heteroatoms. The van der Waals surface area contributed by atoms with E-state index in [4.69, 9.17) is 14.2 Å². The van der Waals surface area contributed by atoms with Gasteiger partial charge in [0, 0.05) is 38.4 Å². The van der Waals surface area contributed by atoms with E-state index in [-0.39, 0.29) is 41.6 Å². The van der Waals surface area contributed by atoms with E-state index in [2.05, 4.69) is 25.2 Å². The van der Waals surface area contributed by atoms with Crippen molar-refractivity contribution in [1.82, 2.24) is 24.8 Å². The van der Waals surface area contributed by atoms with E-state index in [9.17, 15) is 18.0 Å². The Morgan fingerprint density at radius 2 is 1.77 bits per heavy atom. The molecular formula is C27H31F3N6O4. The highest BCUT2D eigenvalue weighted by Crippen LogP contribution is 2.43. The second-order valence-corrected chi connectivity index (χ2v) is 10.1. The first-order valence-electron chi connectivity index (χ1n) is 13.6. The summed E-state index contributed by atoms with van der Waals surface area (Å²) in [5, 5.41) is 3.02. The van der Waals surface area contributed by atoms with Crippen LogP contribution in [0, 0.1) is 0 Å². The lowest BCUT2D eigenvalue weighted by Gasteiger charge is -2.40. The molecule has 3 aliphatic heterocycles. The largest absolute Gasteiger partial charge is 0.485 e. The van der Waals surface area contributed by atoms with Crippen LogP contribution in [0.4, 0.5) is 24.8 Å². The zero-order chi connectivity index (χ0) is 27.9. The number of aryl methyl sites for hydroxylation is 1. The fraction of sp³-hybridized carbons (Fsp3) is 0.519. The van der Waals surface area contributed by atoms with Crippen LogP contribution >= 0.6 is 0 Å². The number of benzene rings is 1. The van der Waals surface area contributed by atoms with Crippen molar-refractivity contribution in [3.63, 3.8) is 0 Å². The maximum absolute atomic E-state index is 13.6. The average Bonchev–Trinajstić information content (AvgIpc) is 3.42. The van der Waals surface area contributed by atoms with Crippen LogP contribution in [0.1, 0.15) is 41.4 Å². The summed E-state index contributed by atoms with van der Waals surface area (Å²) in [7, 11) is 0. The van der Waals surface area contributed by atoms with Crippen molar-refractivity contribution in [1.29, 1.82) is 0 Å². The number of aromatic amines is 1. The molecule has 2 fully saturated rings. The van der Waals surface area contributed by atoms with Crippen LogP contribution in [0.25, 0.3) is 11.0 Å². The van der Waals surface area contributed by atoms with E-state index in [1.807, 2.05) is 4.90 Å². The third kappa shape index (κ3) is 5.03. The molecule has 0 atom stereocenters. The van der Waals surface area contributed by atoms with E-state index in [1.165, 1.54) is 0 Å². The minimum Gasteiger partial charge on any atom is -0.485 e. The number of morpholine rings is 1. The molecule has 3 aliphatic rings. The number of H-pyrrole nitrogens is 1. The van der Waals surface area contributed by atoms with Gasteiger partial charge in [-0.2, -0.15) is 18.2 Å². The van der Waals surface area contributed by atoms with Crippen LogP contribution in [-0.2, 0) is 17.3 Å². The summed E-state index contributed by atoms with van der Waals surface area (Å²) in [5.74, 6) is 0.684. The molecule has 10 nitrogen and oxygen atoms in total. The molecule has 40 heavy (non-hydrogen) atoms. The standard InChI is InChI=1S/C27H31F3N6O4/c1-2-19-21-18(27(28,29)30)15-31-24(21)34-26(32-19)33-20-4-3-17(22-23(20)40-14-13-39-22)25(37)36-7-5-16(6-8-36)35-9-11-38-12-10-35/h3-4,15-16H,2,5-14H2,1H3,(H2,31,32,33,34). The van der Waals surface area contributed by atoms with Gasteiger partial charge in [-0.1, -0.05) is 6.92 Å². The van der Waals surface area contributed by atoms with E-state index in [0.717, 1.165) is 45.3 Å². The molecule has 5 heterocycles. The number of anilines is 2. The van der Waals surface area contributed by atoms with Gasteiger partial charge >= 0.3 is 6.18 Å². The minimum absolute atomic E-state index is 0.0412. The lowest BCUT2D eigenvalue weighted by Crippen LogP contribution is -2.50. The number of nitrogens with one attached hydrogen (secondary N) is 2. The summed E-state index contributed by atoms with van der Waals surface area (Å²) in [4.78, 5) is 29.1. The Morgan fingerprint density at radius 1 is 1.05 bits per heavy atom. The molecule has 2 aromatic heterocycles. The van der Waals surface area contributed by atoms with Gasteiger partial charge in [-0.3, -0.25) is 9.69 Å². The zero-order valence-corrected chi connectivity index (χ0v) is 22.1. The van der Waals surface area contributed by atoms with E-state index in [0.29, 0.717) is 48.5 Å². The molecule has 0 unspecified atom stereocenters. The molecule has 0 bridgehead atoms. The number of aromatic nitrogens is 3. The van der Waals surface area contributed by atoms with Gasteiger partial charge in [-0.25, -0.2) is 4.98 Å². The topological polar surface area (TPSA) is 105 Å². The SMILES string of the molecule is CCc1nc(Nc2ccc(C(=O)N3CCC(N4CCOCC4)CC3)c3c2OCCO3)nc2[nH]cc(C(F)(F)F)c12. The normalized spacial score (nSPS) is 18.8. The molecule has 2 saturated heterocycles. The maximum Gasteiger partial charge on any atom is 0.418 e. The predicted molar refractivity (Wildman–Crippen MR) is 140 cm³/mol. The smallest absolute Gasteiger partial charge is 0.418 e. The molecule has 0 saturated carbocycles. The molecule has 0 spiro atoms. The van der Waals surface area contributed by atoms with Gasteiger partial charge < -0.3 is 29.4 Å². The number of nitrogens with zero attached hydrogens (tertiary/aromatic N) is 4. The lowest BCUT2D eigenvalue weighted by atomic mass is 10.0. The number of carbonyl (C=O) groups is 1. The average molecular weight is 561 g/mol. The maximum atomic E-state index is 13.6. The quantitative estimate of drug-likeness (QED) is 0.483. The Bertz CT molecular complexity index is 1400. The molecule has 1 amide bonds. The number of fused-ring (bicyclic) bond motifs is 2. The van der Waals surface area contributed by atoms with E-state index in [1.54, 1.807) is 19.1 Å². The summed E-state index contributed by atoms with van der Waals surface area (Å²) in [6.07, 6.45) is -1.53. The highest BCUT2D eigenvalue weighted by Gasteiger charge is 2.36. The highest BCUT2D eigenvalue weighted by molar-refractivity contribution is 5.99. The minimum atomic E-state index is -4.52. The van der Waals surface area contributed by atoms with Crippen LogP contribution in [0.3, 0.4) is 0 Å². The van der Waals surface area contributed by atoms with Crippen LogP contribution in [0.15, 0.2) is 18.3 Å². The number of halogens is 3. The number of rotatable bonds is 5. The third-order valence-electron chi connectivity index (χ3n) is 7.73. The van der Waals surface area contributed by atoms with Crippen molar-refractivity contribution in [2.75, 3.05) is 57.9 Å². The van der Waals surface area contributed by atoms with E-state index < -0.39 is 11.7 Å². The second kappa shape index (κ2) is 10.8. The Balaban J connectivity index is 1.23. The molecule has 2 N–H and O–H groups in total. The molecular weight excluding hydrogens is 529 g/mol. The number of piperidine rings is 1. The van der Waals surface area contributed by atoms with Gasteiger partial charge in [-0.05, 0) is 31.4 Å². The fourth-order valence-corrected chi connectivity index (χ4v) is 5.71. The van der Waals surface area contributed by atoms with Crippen molar-refractivity contribution in [2.45, 2.75) is 38.4 Å². The summed E-state index contributed by atoms with van der Waals surface area (Å²) in [6, 6.07) is 3.82. The first-order chi connectivity index (χ1) is 19.3. The van der Waals surface area contributed by atoms with Crippen molar-refractivity contribution in [3.05, 3.63) is 35.2 Å². The second-order valence-electron chi connectivity index (χ2n) is 10.1.